The smallest absolute Gasteiger partial charge is 0.186 e. The van der Waals surface area contributed by atoms with Crippen LogP contribution in [-0.2, 0) is 0 Å². The van der Waals surface area contributed by atoms with Crippen LogP contribution in [0.15, 0.2) is 0 Å². The van der Waals surface area contributed by atoms with Gasteiger partial charge >= 0.3 is 0 Å². The van der Waals surface area contributed by atoms with Gasteiger partial charge in [0.25, 0.3) is 0 Å². The van der Waals surface area contributed by atoms with Crippen LogP contribution in [0.4, 0.5) is 0 Å². The molecule has 0 heterocycles. The molecule has 0 aliphatic carbocycles. The van der Waals surface area contributed by atoms with Crippen molar-refractivity contribution in [3.05, 3.63) is 25.1 Å². The van der Waals surface area contributed by atoms with E-state index in [0.717, 1.165) is 0 Å². The molecule has 1 rings (SSSR count). The van der Waals surface area contributed by atoms with Crippen LogP contribution in [-0.4, -0.2) is 37.7 Å². The van der Waals surface area contributed by atoms with Gasteiger partial charge in [-0.1, -0.05) is 58.0 Å². The number of benzene rings is 1. The summed E-state index contributed by atoms with van der Waals surface area (Å²) in [6.07, 6.45) is 0. The first kappa shape index (κ1) is 16.0. The first-order valence-electron chi connectivity index (χ1n) is 2.80. The van der Waals surface area contributed by atoms with E-state index < -0.39 is 0 Å². The average Bonchev–Trinajstić information content (AvgIpc) is 2.13. The van der Waals surface area contributed by atoms with E-state index in [1.807, 2.05) is 0 Å². The predicted octanol–water partition coefficient (Wildman–Crippen LogP) is 5.11. The molecule has 74 valence electrons. The second-order valence-corrected chi connectivity index (χ2v) is 4.02. The Hall–Kier alpha value is 2.02. The van der Waals surface area contributed by atoms with E-state index in [9.17, 15) is 0 Å². The molecule has 0 unspecified atom stereocenters. The van der Waals surface area contributed by atoms with Crippen LogP contribution in [0.25, 0.3) is 0 Å². The predicted molar refractivity (Wildman–Crippen MR) is 63.7 cm³/mol. The van der Waals surface area contributed by atoms with Crippen LogP contribution in [0.5, 0.6) is 5.75 Å². The van der Waals surface area contributed by atoms with Gasteiger partial charge in [-0.3, -0.25) is 0 Å². The molecule has 1 aromatic carbocycles. The van der Waals surface area contributed by atoms with Gasteiger partial charge < -0.3 is 4.29 Å². The van der Waals surface area contributed by atoms with E-state index in [-0.39, 0.29) is 68.6 Å². The molecule has 0 fully saturated rings. The Morgan fingerprint density at radius 1 is 0.643 bits per heavy atom. The fourth-order valence-electron chi connectivity index (χ4n) is 0.652. The minimum absolute atomic E-state index is 0. The molecule has 1 aromatic rings. The van der Waals surface area contributed by atoms with E-state index in [4.69, 9.17) is 69.9 Å². The van der Waals surface area contributed by atoms with Gasteiger partial charge in [0.05, 0.1) is 15.1 Å². The van der Waals surface area contributed by atoms with Crippen LogP contribution < -0.4 is 4.29 Å². The summed E-state index contributed by atoms with van der Waals surface area (Å²) in [6, 6.07) is 0. The molecule has 0 aliphatic rings. The zero-order valence-electron chi connectivity index (χ0n) is 6.38. The van der Waals surface area contributed by atoms with Crippen molar-refractivity contribution in [2.24, 2.45) is 0 Å². The zero-order chi connectivity index (χ0) is 10.2. The van der Waals surface area contributed by atoms with Crippen LogP contribution in [0.3, 0.4) is 0 Å². The van der Waals surface area contributed by atoms with Crippen LogP contribution in [0.1, 0.15) is 0 Å². The van der Waals surface area contributed by atoms with Gasteiger partial charge in [-0.05, 0) is 0 Å². The van der Waals surface area contributed by atoms with Crippen molar-refractivity contribution < 1.29 is 4.29 Å². The maximum atomic E-state index is 5.71. The van der Waals surface area contributed by atoms with Gasteiger partial charge in [0.15, 0.2) is 5.75 Å². The Morgan fingerprint density at radius 2 is 0.929 bits per heavy atom. The fourth-order valence-corrected chi connectivity index (χ4v) is 2.08. The van der Waals surface area contributed by atoms with Gasteiger partial charge in [0, 0.05) is 37.7 Å². The van der Waals surface area contributed by atoms with Crippen molar-refractivity contribution >= 4 is 108 Å². The molecule has 0 amide bonds. The molecule has 0 saturated carbocycles. The standard InChI is InChI=1S/C6Cl6O.Ca/c7-1-2(8)4(10)6(13-12)5(11)3(1)9;. The normalized spacial score (nSPS) is 9.57. The zero-order valence-corrected chi connectivity index (χ0v) is 13.1. The summed E-state index contributed by atoms with van der Waals surface area (Å²) in [7, 11) is 0. The van der Waals surface area contributed by atoms with Gasteiger partial charge in [-0.15, -0.1) is 0 Å². The second-order valence-electron chi connectivity index (χ2n) is 1.98. The van der Waals surface area contributed by atoms with Crippen molar-refractivity contribution in [1.29, 1.82) is 0 Å². The van der Waals surface area contributed by atoms with Gasteiger partial charge in [-0.25, -0.2) is 0 Å². The first-order chi connectivity index (χ1) is 6.00. The molecule has 0 N–H and O–H groups in total. The Morgan fingerprint density at radius 3 is 1.21 bits per heavy atom. The SMILES string of the molecule is ClOc1c(Cl)c(Cl)c(Cl)c(Cl)c1Cl.[Ca]. The summed E-state index contributed by atoms with van der Waals surface area (Å²) in [5.74, 6) is -0.00981. The number of hydrogen-bond acceptors (Lipinski definition) is 1. The molecule has 0 atom stereocenters. The molecule has 0 bridgehead atoms. The summed E-state index contributed by atoms with van der Waals surface area (Å²) in [5.41, 5.74) is 0. The summed E-state index contributed by atoms with van der Waals surface area (Å²) in [4.78, 5) is 0. The van der Waals surface area contributed by atoms with Gasteiger partial charge in [0.2, 0.25) is 0 Å². The average molecular weight is 341 g/mol. The Kier molecular flexibility index (Phi) is 7.65. The fraction of sp³-hybridized carbons (Fsp3) is 0. The van der Waals surface area contributed by atoms with Crippen molar-refractivity contribution in [1.82, 2.24) is 0 Å². The molecule has 0 aliphatic heterocycles. The van der Waals surface area contributed by atoms with Crippen LogP contribution in [0, 0.1) is 0 Å². The second kappa shape index (κ2) is 6.68. The van der Waals surface area contributed by atoms with E-state index in [1.165, 1.54) is 0 Å². The van der Waals surface area contributed by atoms with Crippen molar-refractivity contribution in [2.75, 3.05) is 0 Å². The minimum Gasteiger partial charge on any atom is -0.382 e. The molecule has 0 aromatic heterocycles. The topological polar surface area (TPSA) is 9.23 Å². The van der Waals surface area contributed by atoms with Crippen LogP contribution >= 0.6 is 69.9 Å². The largest absolute Gasteiger partial charge is 0.382 e. The molecular weight excluding hydrogens is 341 g/mol. The van der Waals surface area contributed by atoms with Crippen LogP contribution in [0.2, 0.25) is 25.1 Å². The summed E-state index contributed by atoms with van der Waals surface area (Å²) in [5, 5.41) is 0.213. The quantitative estimate of drug-likeness (QED) is 0.392. The van der Waals surface area contributed by atoms with E-state index >= 15 is 0 Å². The van der Waals surface area contributed by atoms with Gasteiger partial charge in [-0.2, -0.15) is 0 Å². The third-order valence-corrected chi connectivity index (χ3v) is 3.64. The molecule has 1 nitrogen and oxygen atoms in total. The van der Waals surface area contributed by atoms with E-state index in [0.29, 0.717) is 0 Å². The minimum atomic E-state index is -0.00981. The van der Waals surface area contributed by atoms with Crippen molar-refractivity contribution in [2.45, 2.75) is 0 Å². The molecular formula is C6CaCl6O. The maximum Gasteiger partial charge on any atom is 0.186 e. The maximum absolute atomic E-state index is 5.71. The number of rotatable bonds is 1. The van der Waals surface area contributed by atoms with Gasteiger partial charge in [0.1, 0.15) is 21.9 Å². The Bertz CT molecular complexity index is 326. The van der Waals surface area contributed by atoms with E-state index in [1.54, 1.807) is 0 Å². The summed E-state index contributed by atoms with van der Waals surface area (Å²) >= 11 is 33.6. The molecule has 8 heteroatoms. The van der Waals surface area contributed by atoms with Crippen molar-refractivity contribution in [3.63, 3.8) is 0 Å². The van der Waals surface area contributed by atoms with Crippen molar-refractivity contribution in [3.8, 4) is 5.75 Å². The number of hydrogen-bond donors (Lipinski definition) is 0. The third kappa shape index (κ3) is 3.03. The summed E-state index contributed by atoms with van der Waals surface area (Å²) < 4.78 is 4.37. The Balaban J connectivity index is 0.00000169. The first-order valence-corrected chi connectivity index (χ1v) is 5.00. The summed E-state index contributed by atoms with van der Waals surface area (Å²) in [6.45, 7) is 0. The van der Waals surface area contributed by atoms with E-state index in [2.05, 4.69) is 4.29 Å². The molecule has 0 spiro atoms. The molecule has 14 heavy (non-hydrogen) atoms. The number of halogens is 6. The monoisotopic (exact) mass is 338 g/mol. The molecule has 0 saturated heterocycles. The third-order valence-electron chi connectivity index (χ3n) is 1.25. The Labute approximate surface area is 141 Å². The molecule has 2 radical (unpaired) electrons.